The second kappa shape index (κ2) is 7.06. The van der Waals surface area contributed by atoms with Gasteiger partial charge in [-0.3, -0.25) is 0 Å². The summed E-state index contributed by atoms with van der Waals surface area (Å²) in [6, 6.07) is 14.2. The van der Waals surface area contributed by atoms with Crippen molar-refractivity contribution in [1.29, 1.82) is 0 Å². The standard InChI is InChI=1S/C17H13ClN4O2/c1-12(15-4-2-3-5-16(15)18)10-17(23)24-14-8-6-13(7-9-14)22-11-19-20-21-22/h2-11H,1H3. The predicted octanol–water partition coefficient (Wildman–Crippen LogP) is 3.32. The number of aromatic nitrogens is 4. The molecule has 0 saturated heterocycles. The third-order valence-corrected chi connectivity index (χ3v) is 3.63. The Morgan fingerprint density at radius 3 is 2.58 bits per heavy atom. The Balaban J connectivity index is 1.71. The van der Waals surface area contributed by atoms with E-state index in [9.17, 15) is 4.79 Å². The zero-order chi connectivity index (χ0) is 16.9. The lowest BCUT2D eigenvalue weighted by atomic mass is 10.1. The van der Waals surface area contributed by atoms with Crippen LogP contribution in [0.5, 0.6) is 5.75 Å². The lowest BCUT2D eigenvalue weighted by Gasteiger charge is -2.06. The second-order valence-electron chi connectivity index (χ2n) is 4.98. The average molecular weight is 341 g/mol. The molecule has 1 aromatic heterocycles. The Kier molecular flexibility index (Phi) is 4.67. The van der Waals surface area contributed by atoms with Gasteiger partial charge in [-0.15, -0.1) is 5.10 Å². The smallest absolute Gasteiger partial charge is 0.336 e. The van der Waals surface area contributed by atoms with Crippen LogP contribution in [0.4, 0.5) is 0 Å². The molecule has 0 amide bonds. The van der Waals surface area contributed by atoms with Gasteiger partial charge >= 0.3 is 5.97 Å². The second-order valence-corrected chi connectivity index (χ2v) is 5.38. The van der Waals surface area contributed by atoms with Gasteiger partial charge in [0.25, 0.3) is 0 Å². The van der Waals surface area contributed by atoms with Crippen LogP contribution in [0.25, 0.3) is 11.3 Å². The van der Waals surface area contributed by atoms with Gasteiger partial charge in [0, 0.05) is 11.1 Å². The van der Waals surface area contributed by atoms with E-state index < -0.39 is 5.97 Å². The lowest BCUT2D eigenvalue weighted by molar-refractivity contribution is -0.128. The summed E-state index contributed by atoms with van der Waals surface area (Å²) in [6.07, 6.45) is 2.90. The first-order chi connectivity index (χ1) is 11.6. The molecule has 120 valence electrons. The molecule has 3 aromatic rings. The van der Waals surface area contributed by atoms with Gasteiger partial charge in [-0.1, -0.05) is 29.8 Å². The molecule has 24 heavy (non-hydrogen) atoms. The summed E-state index contributed by atoms with van der Waals surface area (Å²) in [5.41, 5.74) is 2.30. The fourth-order valence-electron chi connectivity index (χ4n) is 2.13. The van der Waals surface area contributed by atoms with Crippen molar-refractivity contribution >= 4 is 23.1 Å². The Hall–Kier alpha value is -2.99. The minimum atomic E-state index is -0.470. The summed E-state index contributed by atoms with van der Waals surface area (Å²) < 4.78 is 6.81. The van der Waals surface area contributed by atoms with E-state index in [1.54, 1.807) is 30.3 Å². The number of nitrogens with zero attached hydrogens (tertiary/aromatic N) is 4. The van der Waals surface area contributed by atoms with Gasteiger partial charge in [0.15, 0.2) is 0 Å². The van der Waals surface area contributed by atoms with E-state index in [2.05, 4.69) is 15.5 Å². The van der Waals surface area contributed by atoms with Gasteiger partial charge < -0.3 is 4.74 Å². The number of hydrogen-bond acceptors (Lipinski definition) is 5. The van der Waals surface area contributed by atoms with Crippen LogP contribution in [0.2, 0.25) is 5.02 Å². The minimum Gasteiger partial charge on any atom is -0.423 e. The Morgan fingerprint density at radius 2 is 1.92 bits per heavy atom. The average Bonchev–Trinajstić information content (AvgIpc) is 3.10. The Labute approximate surface area is 143 Å². The molecule has 0 N–H and O–H groups in total. The number of hydrogen-bond donors (Lipinski definition) is 0. The number of esters is 1. The van der Waals surface area contributed by atoms with Gasteiger partial charge in [0.05, 0.1) is 5.69 Å². The van der Waals surface area contributed by atoms with Crippen LogP contribution in [-0.2, 0) is 4.79 Å². The lowest BCUT2D eigenvalue weighted by Crippen LogP contribution is -2.05. The Morgan fingerprint density at radius 1 is 1.17 bits per heavy atom. The van der Waals surface area contributed by atoms with Crippen molar-refractivity contribution in [1.82, 2.24) is 20.2 Å². The van der Waals surface area contributed by atoms with Gasteiger partial charge in [0.2, 0.25) is 0 Å². The summed E-state index contributed by atoms with van der Waals surface area (Å²) in [5, 5.41) is 11.5. The fraction of sp³-hybridized carbons (Fsp3) is 0.0588. The molecule has 0 atom stereocenters. The zero-order valence-corrected chi connectivity index (χ0v) is 13.5. The van der Waals surface area contributed by atoms with Crippen molar-refractivity contribution in [2.24, 2.45) is 0 Å². The third-order valence-electron chi connectivity index (χ3n) is 3.30. The molecule has 6 nitrogen and oxygen atoms in total. The predicted molar refractivity (Wildman–Crippen MR) is 89.9 cm³/mol. The molecule has 3 rings (SSSR count). The van der Waals surface area contributed by atoms with Crippen LogP contribution in [0.15, 0.2) is 60.9 Å². The van der Waals surface area contributed by atoms with Gasteiger partial charge in [-0.25, -0.2) is 9.48 Å². The maximum absolute atomic E-state index is 12.0. The highest BCUT2D eigenvalue weighted by Gasteiger charge is 2.07. The van der Waals surface area contributed by atoms with E-state index in [1.807, 2.05) is 25.1 Å². The van der Waals surface area contributed by atoms with E-state index in [-0.39, 0.29) is 0 Å². The molecule has 0 bridgehead atoms. The Bertz CT molecular complexity index is 874. The summed E-state index contributed by atoms with van der Waals surface area (Å²) in [6.45, 7) is 1.81. The van der Waals surface area contributed by atoms with Crippen molar-refractivity contribution in [3.63, 3.8) is 0 Å². The molecule has 0 fully saturated rings. The molecule has 0 aliphatic heterocycles. The number of halogens is 1. The van der Waals surface area contributed by atoms with Crippen LogP contribution in [-0.4, -0.2) is 26.2 Å². The highest BCUT2D eigenvalue weighted by atomic mass is 35.5. The summed E-state index contributed by atoms with van der Waals surface area (Å²) in [4.78, 5) is 12.0. The molecule has 0 radical (unpaired) electrons. The highest BCUT2D eigenvalue weighted by Crippen LogP contribution is 2.23. The van der Waals surface area contributed by atoms with Crippen molar-refractivity contribution in [2.45, 2.75) is 6.92 Å². The number of rotatable bonds is 4. The van der Waals surface area contributed by atoms with Crippen LogP contribution >= 0.6 is 11.6 Å². The first-order valence-electron chi connectivity index (χ1n) is 7.12. The number of benzene rings is 2. The van der Waals surface area contributed by atoms with Crippen molar-refractivity contribution in [3.8, 4) is 11.4 Å². The molecule has 0 aliphatic carbocycles. The van der Waals surface area contributed by atoms with E-state index in [1.165, 1.54) is 17.1 Å². The maximum atomic E-state index is 12.0. The third kappa shape index (κ3) is 3.67. The molecule has 1 heterocycles. The van der Waals surface area contributed by atoms with Crippen molar-refractivity contribution < 1.29 is 9.53 Å². The molecule has 0 aliphatic rings. The first kappa shape index (κ1) is 15.9. The van der Waals surface area contributed by atoms with E-state index in [4.69, 9.17) is 16.3 Å². The number of allylic oxidation sites excluding steroid dienone is 1. The molecule has 0 saturated carbocycles. The van der Waals surface area contributed by atoms with Gasteiger partial charge in [0.1, 0.15) is 12.1 Å². The van der Waals surface area contributed by atoms with Crippen LogP contribution in [0.3, 0.4) is 0 Å². The maximum Gasteiger partial charge on any atom is 0.336 e. The number of carbonyl (C=O) groups is 1. The SMILES string of the molecule is CC(=CC(=O)Oc1ccc(-n2cnnn2)cc1)c1ccccc1Cl. The molecule has 7 heteroatoms. The number of ether oxygens (including phenoxy) is 1. The highest BCUT2D eigenvalue weighted by molar-refractivity contribution is 6.32. The number of carbonyl (C=O) groups excluding carboxylic acids is 1. The van der Waals surface area contributed by atoms with Crippen LogP contribution in [0, 0.1) is 0 Å². The minimum absolute atomic E-state index is 0.431. The van der Waals surface area contributed by atoms with Crippen molar-refractivity contribution in [2.75, 3.05) is 0 Å². The van der Waals surface area contributed by atoms with E-state index in [0.29, 0.717) is 10.8 Å². The van der Waals surface area contributed by atoms with E-state index >= 15 is 0 Å². The van der Waals surface area contributed by atoms with E-state index in [0.717, 1.165) is 16.8 Å². The fourth-order valence-corrected chi connectivity index (χ4v) is 2.41. The molecular formula is C17H13ClN4O2. The zero-order valence-electron chi connectivity index (χ0n) is 12.8. The van der Waals surface area contributed by atoms with Crippen LogP contribution in [0.1, 0.15) is 12.5 Å². The number of tetrazole rings is 1. The first-order valence-corrected chi connectivity index (χ1v) is 7.50. The van der Waals surface area contributed by atoms with Gasteiger partial charge in [-0.2, -0.15) is 0 Å². The molecule has 2 aromatic carbocycles. The largest absolute Gasteiger partial charge is 0.423 e. The summed E-state index contributed by atoms with van der Waals surface area (Å²) >= 11 is 6.12. The molecular weight excluding hydrogens is 328 g/mol. The topological polar surface area (TPSA) is 69.9 Å². The van der Waals surface area contributed by atoms with Crippen LogP contribution < -0.4 is 4.74 Å². The monoisotopic (exact) mass is 340 g/mol. The summed E-state index contributed by atoms with van der Waals surface area (Å²) in [5.74, 6) is -0.0392. The van der Waals surface area contributed by atoms with Crippen molar-refractivity contribution in [3.05, 3.63) is 71.5 Å². The van der Waals surface area contributed by atoms with Gasteiger partial charge in [-0.05, 0) is 58.8 Å². The molecule has 0 spiro atoms. The quantitative estimate of drug-likeness (QED) is 0.414. The summed E-state index contributed by atoms with van der Waals surface area (Å²) in [7, 11) is 0. The normalized spacial score (nSPS) is 11.3. The molecule has 0 unspecified atom stereocenters.